The summed E-state index contributed by atoms with van der Waals surface area (Å²) in [5.74, 6) is -0.872. The average Bonchev–Trinajstić information content (AvgIpc) is 3.31. The van der Waals surface area contributed by atoms with Crippen LogP contribution in [0.25, 0.3) is 0 Å². The van der Waals surface area contributed by atoms with E-state index in [2.05, 4.69) is 57.2 Å². The highest BCUT2D eigenvalue weighted by molar-refractivity contribution is 5.71. The molecule has 0 aromatic rings. The van der Waals surface area contributed by atoms with Crippen molar-refractivity contribution < 1.29 is 28.6 Å². The second kappa shape index (κ2) is 55.2. The zero-order valence-corrected chi connectivity index (χ0v) is 44.2. The first-order valence-corrected chi connectivity index (χ1v) is 29.0. The van der Waals surface area contributed by atoms with E-state index in [4.69, 9.17) is 14.2 Å². The molecule has 0 heterocycles. The molecule has 0 radical (unpaired) electrons. The first-order chi connectivity index (χ1) is 32.5. The molecule has 0 aromatic carbocycles. The van der Waals surface area contributed by atoms with Crippen molar-refractivity contribution in [3.05, 3.63) is 36.5 Å². The molecule has 1 unspecified atom stereocenters. The maximum Gasteiger partial charge on any atom is 0.306 e. The average molecular weight is 928 g/mol. The Balaban J connectivity index is 4.26. The predicted molar refractivity (Wildman–Crippen MR) is 284 cm³/mol. The molecule has 0 spiro atoms. The van der Waals surface area contributed by atoms with Gasteiger partial charge in [0, 0.05) is 19.3 Å². The van der Waals surface area contributed by atoms with Gasteiger partial charge in [0.15, 0.2) is 6.10 Å². The van der Waals surface area contributed by atoms with Gasteiger partial charge in [0.25, 0.3) is 0 Å². The Bertz CT molecular complexity index is 1110. The molecule has 0 aliphatic carbocycles. The normalized spacial score (nSPS) is 12.2. The van der Waals surface area contributed by atoms with Gasteiger partial charge in [-0.25, -0.2) is 0 Å². The molecule has 6 nitrogen and oxygen atoms in total. The van der Waals surface area contributed by atoms with Crippen LogP contribution in [0.1, 0.15) is 310 Å². The van der Waals surface area contributed by atoms with Crippen LogP contribution in [0.15, 0.2) is 36.5 Å². The summed E-state index contributed by atoms with van der Waals surface area (Å²) in [6, 6.07) is 0. The highest BCUT2D eigenvalue weighted by Crippen LogP contribution is 2.17. The molecule has 0 saturated heterocycles. The van der Waals surface area contributed by atoms with E-state index in [1.807, 2.05) is 0 Å². The molecule has 6 heteroatoms. The molecule has 1 atom stereocenters. The maximum atomic E-state index is 12.8. The number of carbonyl (C=O) groups is 3. The Kier molecular flexibility index (Phi) is 53.2. The summed E-state index contributed by atoms with van der Waals surface area (Å²) in [4.78, 5) is 38.1. The van der Waals surface area contributed by atoms with Gasteiger partial charge in [-0.1, -0.05) is 256 Å². The van der Waals surface area contributed by atoms with E-state index in [1.165, 1.54) is 193 Å². The van der Waals surface area contributed by atoms with Crippen molar-refractivity contribution in [1.82, 2.24) is 0 Å². The molecule has 0 rings (SSSR count). The summed E-state index contributed by atoms with van der Waals surface area (Å²) in [5, 5.41) is 0. The van der Waals surface area contributed by atoms with Gasteiger partial charge >= 0.3 is 17.9 Å². The molecule has 0 aromatic heterocycles. The summed E-state index contributed by atoms with van der Waals surface area (Å²) < 4.78 is 16.8. The number of esters is 3. The molecule has 0 bridgehead atoms. The van der Waals surface area contributed by atoms with E-state index in [9.17, 15) is 14.4 Å². The van der Waals surface area contributed by atoms with E-state index < -0.39 is 6.10 Å². The summed E-state index contributed by atoms with van der Waals surface area (Å²) in [7, 11) is 0. The SMILES string of the molecule is CCC/C=C\CCCCCCCC(=O)OCC(COC(=O)CCCCCCCCCCC/C=C\C/C=C\CCCCC)OC(=O)CCCCCCCCCCCCCCCCCCCCC. The van der Waals surface area contributed by atoms with Gasteiger partial charge in [0.1, 0.15) is 13.2 Å². The summed E-state index contributed by atoms with van der Waals surface area (Å²) in [5.41, 5.74) is 0. The second-order valence-electron chi connectivity index (χ2n) is 19.6. The van der Waals surface area contributed by atoms with Gasteiger partial charge in [-0.15, -0.1) is 0 Å². The predicted octanol–water partition coefficient (Wildman–Crippen LogP) is 19.3. The largest absolute Gasteiger partial charge is 0.462 e. The van der Waals surface area contributed by atoms with Crippen molar-refractivity contribution >= 4 is 17.9 Å². The van der Waals surface area contributed by atoms with E-state index in [0.29, 0.717) is 19.3 Å². The van der Waals surface area contributed by atoms with Gasteiger partial charge in [0.05, 0.1) is 0 Å². The van der Waals surface area contributed by atoms with Gasteiger partial charge in [0.2, 0.25) is 0 Å². The molecule has 0 fully saturated rings. The van der Waals surface area contributed by atoms with Crippen molar-refractivity contribution in [2.24, 2.45) is 0 Å². The number of allylic oxidation sites excluding steroid dienone is 6. The van der Waals surface area contributed by atoms with Crippen LogP contribution in [0.2, 0.25) is 0 Å². The molecular formula is C60H110O6. The Labute approximate surface area is 410 Å². The lowest BCUT2D eigenvalue weighted by Gasteiger charge is -2.18. The van der Waals surface area contributed by atoms with Crippen LogP contribution in [0, 0.1) is 0 Å². The third kappa shape index (κ3) is 52.6. The topological polar surface area (TPSA) is 78.9 Å². The fourth-order valence-corrected chi connectivity index (χ4v) is 8.48. The third-order valence-corrected chi connectivity index (χ3v) is 12.8. The Morgan fingerprint density at radius 3 is 0.939 bits per heavy atom. The molecule has 66 heavy (non-hydrogen) atoms. The third-order valence-electron chi connectivity index (χ3n) is 12.8. The van der Waals surface area contributed by atoms with Crippen LogP contribution in [-0.4, -0.2) is 37.2 Å². The lowest BCUT2D eigenvalue weighted by molar-refractivity contribution is -0.167. The number of hydrogen-bond acceptors (Lipinski definition) is 6. The maximum absolute atomic E-state index is 12.8. The van der Waals surface area contributed by atoms with Crippen molar-refractivity contribution in [3.63, 3.8) is 0 Å². The fourth-order valence-electron chi connectivity index (χ4n) is 8.48. The van der Waals surface area contributed by atoms with Crippen LogP contribution in [-0.2, 0) is 28.6 Å². The summed E-state index contributed by atoms with van der Waals surface area (Å²) in [6.07, 6.45) is 65.7. The minimum atomic E-state index is -0.773. The minimum Gasteiger partial charge on any atom is -0.462 e. The first-order valence-electron chi connectivity index (χ1n) is 29.0. The number of ether oxygens (including phenoxy) is 3. The van der Waals surface area contributed by atoms with E-state index in [0.717, 1.165) is 77.0 Å². The number of hydrogen-bond donors (Lipinski definition) is 0. The molecule has 0 amide bonds. The Morgan fingerprint density at radius 1 is 0.303 bits per heavy atom. The van der Waals surface area contributed by atoms with Gasteiger partial charge < -0.3 is 14.2 Å². The molecular weight excluding hydrogens is 817 g/mol. The Morgan fingerprint density at radius 2 is 0.576 bits per heavy atom. The fraction of sp³-hybridized carbons (Fsp3) is 0.850. The zero-order valence-electron chi connectivity index (χ0n) is 44.2. The summed E-state index contributed by atoms with van der Waals surface area (Å²) >= 11 is 0. The monoisotopic (exact) mass is 927 g/mol. The lowest BCUT2D eigenvalue weighted by Crippen LogP contribution is -2.30. The van der Waals surface area contributed by atoms with Gasteiger partial charge in [-0.2, -0.15) is 0 Å². The van der Waals surface area contributed by atoms with Crippen molar-refractivity contribution in [3.8, 4) is 0 Å². The highest BCUT2D eigenvalue weighted by atomic mass is 16.6. The smallest absolute Gasteiger partial charge is 0.306 e. The van der Waals surface area contributed by atoms with E-state index >= 15 is 0 Å². The van der Waals surface area contributed by atoms with Crippen LogP contribution < -0.4 is 0 Å². The summed E-state index contributed by atoms with van der Waals surface area (Å²) in [6.45, 7) is 6.59. The van der Waals surface area contributed by atoms with Crippen LogP contribution in [0.5, 0.6) is 0 Å². The molecule has 0 N–H and O–H groups in total. The van der Waals surface area contributed by atoms with Gasteiger partial charge in [-0.05, 0) is 70.6 Å². The van der Waals surface area contributed by atoms with E-state index in [-0.39, 0.29) is 31.1 Å². The van der Waals surface area contributed by atoms with E-state index in [1.54, 1.807) is 0 Å². The zero-order chi connectivity index (χ0) is 47.9. The second-order valence-corrected chi connectivity index (χ2v) is 19.6. The van der Waals surface area contributed by atoms with Crippen LogP contribution in [0.4, 0.5) is 0 Å². The van der Waals surface area contributed by atoms with Crippen LogP contribution in [0.3, 0.4) is 0 Å². The standard InChI is InChI=1S/C60H110O6/c1-4-7-10-13-16-19-22-24-26-28-30-32-34-36-38-41-44-47-50-53-59(62)65-56-57(55-64-58(61)52-49-46-43-40-21-18-15-12-9-6-3)66-60(63)54-51-48-45-42-39-37-35-33-31-29-27-25-23-20-17-14-11-8-5-2/h12,15-16,19,24,26,57H,4-11,13-14,17-18,20-23,25,27-56H2,1-3H3/b15-12-,19-16-,26-24-. The molecule has 0 aliphatic rings. The van der Waals surface area contributed by atoms with Crippen molar-refractivity contribution in [2.75, 3.05) is 13.2 Å². The Hall–Kier alpha value is -2.37. The van der Waals surface area contributed by atoms with Crippen LogP contribution >= 0.6 is 0 Å². The molecule has 0 aliphatic heterocycles. The van der Waals surface area contributed by atoms with Gasteiger partial charge in [-0.3, -0.25) is 14.4 Å². The van der Waals surface area contributed by atoms with Crippen molar-refractivity contribution in [2.45, 2.75) is 316 Å². The molecule has 386 valence electrons. The molecule has 0 saturated carbocycles. The lowest BCUT2D eigenvalue weighted by atomic mass is 10.0. The first kappa shape index (κ1) is 63.6. The number of unbranched alkanes of at least 4 members (excludes halogenated alkanes) is 36. The minimum absolute atomic E-state index is 0.0737. The number of rotatable bonds is 53. The number of carbonyl (C=O) groups excluding carboxylic acids is 3. The van der Waals surface area contributed by atoms with Crippen molar-refractivity contribution in [1.29, 1.82) is 0 Å². The quantitative estimate of drug-likeness (QED) is 0.0262. The highest BCUT2D eigenvalue weighted by Gasteiger charge is 2.19.